The van der Waals surface area contributed by atoms with Crippen molar-refractivity contribution >= 4 is 41.0 Å². The zero-order valence-electron chi connectivity index (χ0n) is 14.3. The molecule has 3 rings (SSSR count). The Morgan fingerprint density at radius 1 is 0.931 bits per heavy atom. The Bertz CT molecular complexity index is 1220. The Balaban J connectivity index is 2.31. The monoisotopic (exact) mass is 436 g/mol. The van der Waals surface area contributed by atoms with E-state index in [0.29, 0.717) is 21.2 Å². The number of carboxylic acids is 2. The van der Waals surface area contributed by atoms with Gasteiger partial charge >= 0.3 is 11.9 Å². The highest BCUT2D eigenvalue weighted by atomic mass is 35.5. The first-order valence-electron chi connectivity index (χ1n) is 7.89. The lowest BCUT2D eigenvalue weighted by molar-refractivity contribution is 0.0695. The van der Waals surface area contributed by atoms with E-state index in [2.05, 4.69) is 0 Å². The fourth-order valence-electron chi connectivity index (χ4n) is 2.93. The summed E-state index contributed by atoms with van der Waals surface area (Å²) in [5, 5.41) is 19.5. The highest BCUT2D eigenvalue weighted by molar-refractivity contribution is 6.35. The standard InChI is InChI=1S/C19H11Cl2FN2O5/c20-9-3-8(4-10(21)6-9)7-1-2-11(12(22)5-7)13-14(18(26)27)16(23)24-17(25)15(13)19(28)29/h1-6H,(H,26,27)(H,28,29)(H3,23,24,25). The smallest absolute Gasteiger partial charge is 0.342 e. The van der Waals surface area contributed by atoms with E-state index in [1.807, 2.05) is 4.98 Å². The van der Waals surface area contributed by atoms with E-state index in [-0.39, 0.29) is 0 Å². The second-order valence-electron chi connectivity index (χ2n) is 5.96. The lowest BCUT2D eigenvalue weighted by Gasteiger charge is -2.14. The average Bonchev–Trinajstić information content (AvgIpc) is 2.59. The molecule has 29 heavy (non-hydrogen) atoms. The van der Waals surface area contributed by atoms with Crippen LogP contribution in [0.4, 0.5) is 10.2 Å². The van der Waals surface area contributed by atoms with Crippen molar-refractivity contribution < 1.29 is 24.2 Å². The predicted molar refractivity (Wildman–Crippen MR) is 106 cm³/mol. The minimum atomic E-state index is -1.73. The number of halogens is 3. The first-order valence-corrected chi connectivity index (χ1v) is 8.64. The number of pyridine rings is 1. The third-order valence-corrected chi connectivity index (χ3v) is 4.54. The first kappa shape index (κ1) is 20.4. The van der Waals surface area contributed by atoms with E-state index in [1.54, 1.807) is 12.1 Å². The van der Waals surface area contributed by atoms with E-state index in [0.717, 1.165) is 12.1 Å². The van der Waals surface area contributed by atoms with E-state index < -0.39 is 51.4 Å². The summed E-state index contributed by atoms with van der Waals surface area (Å²) in [6.45, 7) is 0. The molecule has 0 aliphatic heterocycles. The second kappa shape index (κ2) is 7.57. The molecule has 0 spiro atoms. The number of carbonyl (C=O) groups is 2. The van der Waals surface area contributed by atoms with Crippen LogP contribution in [0.2, 0.25) is 10.0 Å². The van der Waals surface area contributed by atoms with Gasteiger partial charge < -0.3 is 20.9 Å². The quantitative estimate of drug-likeness (QED) is 0.485. The number of benzene rings is 2. The maximum absolute atomic E-state index is 15.0. The van der Waals surface area contributed by atoms with Crippen LogP contribution in [0.3, 0.4) is 0 Å². The molecule has 7 nitrogen and oxygen atoms in total. The summed E-state index contributed by atoms with van der Waals surface area (Å²) in [6, 6.07) is 8.19. The van der Waals surface area contributed by atoms with Gasteiger partial charge in [-0.1, -0.05) is 35.3 Å². The molecule has 2 aromatic carbocycles. The summed E-state index contributed by atoms with van der Waals surface area (Å²) in [5.74, 6) is -4.91. The zero-order chi connectivity index (χ0) is 21.5. The molecular formula is C19H11Cl2FN2O5. The summed E-state index contributed by atoms with van der Waals surface area (Å²) >= 11 is 11.9. The molecule has 5 N–H and O–H groups in total. The lowest BCUT2D eigenvalue weighted by atomic mass is 9.93. The van der Waals surface area contributed by atoms with E-state index in [4.69, 9.17) is 28.9 Å². The average molecular weight is 437 g/mol. The summed E-state index contributed by atoms with van der Waals surface area (Å²) in [7, 11) is 0. The largest absolute Gasteiger partial charge is 0.478 e. The maximum Gasteiger partial charge on any atom is 0.342 e. The summed E-state index contributed by atoms with van der Waals surface area (Å²) in [4.78, 5) is 37.2. The van der Waals surface area contributed by atoms with Gasteiger partial charge in [0.15, 0.2) is 0 Å². The zero-order valence-corrected chi connectivity index (χ0v) is 15.8. The highest BCUT2D eigenvalue weighted by Gasteiger charge is 2.28. The molecule has 3 aromatic rings. The van der Waals surface area contributed by atoms with Crippen molar-refractivity contribution in [1.29, 1.82) is 0 Å². The molecule has 0 bridgehead atoms. The molecule has 0 amide bonds. The SMILES string of the molecule is Nc1[nH]c(=O)c(C(=O)O)c(-c2ccc(-c3cc(Cl)cc(Cl)c3)cc2F)c1C(=O)O. The third-order valence-electron chi connectivity index (χ3n) is 4.11. The number of aromatic nitrogens is 1. The van der Waals surface area contributed by atoms with Gasteiger partial charge in [0.05, 0.1) is 0 Å². The van der Waals surface area contributed by atoms with Crippen LogP contribution < -0.4 is 11.3 Å². The number of nitrogens with one attached hydrogen (secondary N) is 1. The Labute approximate surface area is 172 Å². The Hall–Kier alpha value is -3.36. The molecule has 0 aliphatic rings. The summed E-state index contributed by atoms with van der Waals surface area (Å²) < 4.78 is 15.0. The molecule has 0 saturated carbocycles. The molecule has 0 fully saturated rings. The van der Waals surface area contributed by atoms with Crippen LogP contribution in [0, 0.1) is 5.82 Å². The van der Waals surface area contributed by atoms with Gasteiger partial charge in [0.2, 0.25) is 0 Å². The Morgan fingerprint density at radius 3 is 2.03 bits per heavy atom. The number of nitrogens with two attached hydrogens (primary N) is 1. The number of rotatable bonds is 4. The number of hydrogen-bond acceptors (Lipinski definition) is 4. The van der Waals surface area contributed by atoms with Gasteiger partial charge in [-0.25, -0.2) is 14.0 Å². The minimum Gasteiger partial charge on any atom is -0.478 e. The second-order valence-corrected chi connectivity index (χ2v) is 6.83. The van der Waals surface area contributed by atoms with Crippen LogP contribution >= 0.6 is 23.2 Å². The molecule has 0 unspecified atom stereocenters. The van der Waals surface area contributed by atoms with Gasteiger partial charge in [0.25, 0.3) is 5.56 Å². The van der Waals surface area contributed by atoms with E-state index in [1.165, 1.54) is 12.1 Å². The molecule has 1 heterocycles. The van der Waals surface area contributed by atoms with Crippen molar-refractivity contribution in [3.63, 3.8) is 0 Å². The van der Waals surface area contributed by atoms with Crippen molar-refractivity contribution in [3.05, 3.63) is 73.7 Å². The topological polar surface area (TPSA) is 133 Å². The molecule has 0 aliphatic carbocycles. The van der Waals surface area contributed by atoms with Gasteiger partial charge in [-0.3, -0.25) is 4.79 Å². The number of aromatic carboxylic acids is 2. The fourth-order valence-corrected chi connectivity index (χ4v) is 3.46. The molecule has 0 atom stereocenters. The summed E-state index contributed by atoms with van der Waals surface area (Å²) in [5.41, 5.74) is 2.54. The van der Waals surface area contributed by atoms with Crippen molar-refractivity contribution in [2.75, 3.05) is 5.73 Å². The van der Waals surface area contributed by atoms with Crippen LogP contribution in [0.15, 0.2) is 41.2 Å². The van der Waals surface area contributed by atoms with Gasteiger partial charge in [0.1, 0.15) is 22.8 Å². The van der Waals surface area contributed by atoms with Crippen molar-refractivity contribution in [2.24, 2.45) is 0 Å². The molecular weight excluding hydrogens is 426 g/mol. The number of nitrogen functional groups attached to an aromatic ring is 1. The molecule has 1 aromatic heterocycles. The van der Waals surface area contributed by atoms with Gasteiger partial charge in [-0.15, -0.1) is 0 Å². The van der Waals surface area contributed by atoms with E-state index >= 15 is 0 Å². The van der Waals surface area contributed by atoms with Crippen molar-refractivity contribution in [3.8, 4) is 22.3 Å². The minimum absolute atomic E-state index is 0.320. The normalized spacial score (nSPS) is 10.7. The van der Waals surface area contributed by atoms with Crippen LogP contribution in [0.5, 0.6) is 0 Å². The van der Waals surface area contributed by atoms with Crippen LogP contribution in [0.25, 0.3) is 22.3 Å². The van der Waals surface area contributed by atoms with Crippen molar-refractivity contribution in [1.82, 2.24) is 4.98 Å². The molecule has 148 valence electrons. The highest BCUT2D eigenvalue weighted by Crippen LogP contribution is 2.34. The van der Waals surface area contributed by atoms with Gasteiger partial charge in [-0.2, -0.15) is 0 Å². The maximum atomic E-state index is 15.0. The van der Waals surface area contributed by atoms with Crippen LogP contribution in [0.1, 0.15) is 20.7 Å². The summed E-state index contributed by atoms with van der Waals surface area (Å²) in [6.07, 6.45) is 0. The lowest BCUT2D eigenvalue weighted by Crippen LogP contribution is -2.24. The van der Waals surface area contributed by atoms with Crippen LogP contribution in [-0.4, -0.2) is 27.1 Å². The predicted octanol–water partition coefficient (Wildman–Crippen LogP) is 4.13. The molecule has 0 saturated heterocycles. The number of carboxylic acid groups (broad SMARTS) is 2. The molecule has 10 heteroatoms. The number of anilines is 1. The Morgan fingerprint density at radius 2 is 1.52 bits per heavy atom. The van der Waals surface area contributed by atoms with E-state index in [9.17, 15) is 29.0 Å². The fraction of sp³-hybridized carbons (Fsp3) is 0. The number of H-pyrrole nitrogens is 1. The Kier molecular flexibility index (Phi) is 5.32. The van der Waals surface area contributed by atoms with Crippen molar-refractivity contribution in [2.45, 2.75) is 0 Å². The third kappa shape index (κ3) is 3.80. The van der Waals surface area contributed by atoms with Gasteiger partial charge in [0, 0.05) is 21.2 Å². The number of hydrogen-bond donors (Lipinski definition) is 4. The van der Waals surface area contributed by atoms with Gasteiger partial charge in [-0.05, 0) is 35.4 Å². The molecule has 0 radical (unpaired) electrons. The first-order chi connectivity index (χ1) is 13.6. The van der Waals surface area contributed by atoms with Crippen LogP contribution in [-0.2, 0) is 0 Å². The number of aromatic amines is 1.